The molecule has 3 rings (SSSR count). The Morgan fingerprint density at radius 1 is 0.708 bits per heavy atom. The minimum atomic E-state index is -1.77. The summed E-state index contributed by atoms with van der Waals surface area (Å²) in [5, 5.41) is 4.18. The Hall–Kier alpha value is -1.43. The Morgan fingerprint density at radius 3 is 1.67 bits per heavy atom. The second-order valence-electron chi connectivity index (χ2n) is 6.15. The molecule has 3 aromatic carbocycles. The van der Waals surface area contributed by atoms with E-state index in [4.69, 9.17) is 0 Å². The first-order chi connectivity index (χ1) is 11.6. The molecule has 0 atom stereocenters. The number of rotatable bonds is 5. The summed E-state index contributed by atoms with van der Waals surface area (Å²) < 4.78 is 0. The van der Waals surface area contributed by atoms with Crippen molar-refractivity contribution < 1.29 is 0 Å². The molecule has 0 heterocycles. The molecule has 3 heteroatoms. The van der Waals surface area contributed by atoms with Gasteiger partial charge in [-0.3, -0.25) is 0 Å². The van der Waals surface area contributed by atoms with Crippen LogP contribution >= 0.6 is 5.51 Å². The molecule has 0 aliphatic carbocycles. The van der Waals surface area contributed by atoms with Crippen molar-refractivity contribution in [2.45, 2.75) is 6.54 Å². The van der Waals surface area contributed by atoms with Crippen LogP contribution in [-0.2, 0) is 6.54 Å². The van der Waals surface area contributed by atoms with Gasteiger partial charge in [0, 0.05) is 0 Å². The molecule has 0 aromatic heterocycles. The van der Waals surface area contributed by atoms with Crippen molar-refractivity contribution in [1.29, 1.82) is 0 Å². The fourth-order valence-corrected chi connectivity index (χ4v) is 8.53. The van der Waals surface area contributed by atoms with Gasteiger partial charge in [-0.05, 0) is 0 Å². The molecule has 24 heavy (non-hydrogen) atoms. The van der Waals surface area contributed by atoms with Gasteiger partial charge >= 0.3 is 153 Å². The average Bonchev–Trinajstić information content (AvgIpc) is 2.62. The average molecular weight is 398 g/mol. The summed E-state index contributed by atoms with van der Waals surface area (Å²) in [7, 11) is 4.25. The van der Waals surface area contributed by atoms with Crippen LogP contribution in [0.4, 0.5) is 0 Å². The molecular formula is C21H22NPSe. The van der Waals surface area contributed by atoms with Gasteiger partial charge in [0.1, 0.15) is 0 Å². The molecule has 0 radical (unpaired) electrons. The second kappa shape index (κ2) is 7.64. The van der Waals surface area contributed by atoms with Crippen molar-refractivity contribution >= 4 is 36.5 Å². The van der Waals surface area contributed by atoms with Gasteiger partial charge in [0.2, 0.25) is 0 Å². The standard InChI is InChI=1S/C21H22NPSe/c1-22(2)17-18-11-9-10-16-21(18)23(24,19-12-5-3-6-13-19)20-14-7-4-8-15-20/h3-16H,17H2,1-2H3. The van der Waals surface area contributed by atoms with Crippen molar-refractivity contribution in [2.24, 2.45) is 0 Å². The quantitative estimate of drug-likeness (QED) is 0.472. The van der Waals surface area contributed by atoms with Gasteiger partial charge < -0.3 is 0 Å². The molecule has 0 saturated heterocycles. The summed E-state index contributed by atoms with van der Waals surface area (Å²) in [5.41, 5.74) is -0.381. The number of nitrogens with zero attached hydrogens (tertiary/aromatic N) is 1. The van der Waals surface area contributed by atoms with Crippen LogP contribution in [0.25, 0.3) is 0 Å². The van der Waals surface area contributed by atoms with E-state index in [-0.39, 0.29) is 0 Å². The number of hydrogen-bond donors (Lipinski definition) is 0. The van der Waals surface area contributed by atoms with Gasteiger partial charge in [-0.15, -0.1) is 0 Å². The summed E-state index contributed by atoms with van der Waals surface area (Å²) in [5.74, 6) is 0. The van der Waals surface area contributed by atoms with Gasteiger partial charge in [0.25, 0.3) is 0 Å². The molecule has 0 N–H and O–H groups in total. The normalized spacial score (nSPS) is 11.6. The van der Waals surface area contributed by atoms with Crippen LogP contribution in [0.1, 0.15) is 5.56 Å². The Morgan fingerprint density at radius 2 is 1.17 bits per heavy atom. The molecule has 0 bridgehead atoms. The van der Waals surface area contributed by atoms with Gasteiger partial charge in [0.05, 0.1) is 0 Å². The van der Waals surface area contributed by atoms with E-state index in [2.05, 4.69) is 119 Å². The maximum atomic E-state index is 3.65. The van der Waals surface area contributed by atoms with E-state index in [1.54, 1.807) is 0 Å². The zero-order valence-electron chi connectivity index (χ0n) is 14.1. The van der Waals surface area contributed by atoms with Crippen LogP contribution < -0.4 is 15.9 Å². The predicted octanol–water partition coefficient (Wildman–Crippen LogP) is 3.13. The van der Waals surface area contributed by atoms with Crippen LogP contribution in [0.2, 0.25) is 0 Å². The van der Waals surface area contributed by atoms with E-state index in [1.165, 1.54) is 21.5 Å². The molecule has 0 amide bonds. The molecule has 1 nitrogen and oxygen atoms in total. The minimum absolute atomic E-state index is 0.944. The molecule has 0 fully saturated rings. The first-order valence-electron chi connectivity index (χ1n) is 8.07. The van der Waals surface area contributed by atoms with Crippen LogP contribution in [0, 0.1) is 0 Å². The summed E-state index contributed by atoms with van der Waals surface area (Å²) in [6.45, 7) is 0.944. The van der Waals surface area contributed by atoms with Crippen LogP contribution in [0.5, 0.6) is 0 Å². The third kappa shape index (κ3) is 3.48. The second-order valence-corrected chi connectivity index (χ2v) is 12.3. The van der Waals surface area contributed by atoms with E-state index in [9.17, 15) is 0 Å². The third-order valence-electron chi connectivity index (χ3n) is 4.06. The molecule has 0 unspecified atom stereocenters. The number of hydrogen-bond acceptors (Lipinski definition) is 1. The molecule has 122 valence electrons. The van der Waals surface area contributed by atoms with E-state index < -0.39 is 5.51 Å². The first kappa shape index (κ1) is 17.4. The van der Waals surface area contributed by atoms with Crippen LogP contribution in [-0.4, -0.2) is 34.1 Å². The van der Waals surface area contributed by atoms with Crippen molar-refractivity contribution in [1.82, 2.24) is 4.90 Å². The zero-order chi connectivity index (χ0) is 17.0. The van der Waals surface area contributed by atoms with Crippen molar-refractivity contribution in [3.05, 3.63) is 90.5 Å². The van der Waals surface area contributed by atoms with Crippen molar-refractivity contribution in [3.63, 3.8) is 0 Å². The fraction of sp³-hybridized carbons (Fsp3) is 0.143. The Kier molecular flexibility index (Phi) is 5.53. The molecule has 0 aliphatic rings. The van der Waals surface area contributed by atoms with E-state index in [0.717, 1.165) is 6.54 Å². The predicted molar refractivity (Wildman–Crippen MR) is 108 cm³/mol. The topological polar surface area (TPSA) is 3.24 Å². The van der Waals surface area contributed by atoms with E-state index in [0.29, 0.717) is 0 Å². The number of benzene rings is 3. The van der Waals surface area contributed by atoms with Crippen LogP contribution in [0.15, 0.2) is 84.9 Å². The molecule has 3 aromatic rings. The van der Waals surface area contributed by atoms with Gasteiger partial charge in [-0.2, -0.15) is 0 Å². The van der Waals surface area contributed by atoms with Gasteiger partial charge in [-0.1, -0.05) is 0 Å². The van der Waals surface area contributed by atoms with Crippen molar-refractivity contribution in [2.75, 3.05) is 14.1 Å². The molecule has 0 aliphatic heterocycles. The summed E-state index contributed by atoms with van der Waals surface area (Å²) in [6, 6.07) is 30.6. The monoisotopic (exact) mass is 399 g/mol. The molecule has 0 spiro atoms. The Bertz CT molecular complexity index is 800. The Labute approximate surface area is 152 Å². The van der Waals surface area contributed by atoms with Gasteiger partial charge in [-0.25, -0.2) is 0 Å². The molecular weight excluding hydrogens is 376 g/mol. The first-order valence-corrected chi connectivity index (χ1v) is 12.1. The Balaban J connectivity index is 2.27. The van der Waals surface area contributed by atoms with E-state index in [1.807, 2.05) is 0 Å². The van der Waals surface area contributed by atoms with Gasteiger partial charge in [0.15, 0.2) is 0 Å². The summed E-state index contributed by atoms with van der Waals surface area (Å²) >= 11 is 3.65. The summed E-state index contributed by atoms with van der Waals surface area (Å²) in [6.07, 6.45) is 0. The SMILES string of the molecule is CN(C)Cc1ccccc1P(=[Se])(c1ccccc1)c1ccccc1. The molecule has 0 saturated carbocycles. The van der Waals surface area contributed by atoms with Crippen LogP contribution in [0.3, 0.4) is 0 Å². The van der Waals surface area contributed by atoms with Crippen molar-refractivity contribution in [3.8, 4) is 0 Å². The summed E-state index contributed by atoms with van der Waals surface area (Å²) in [4.78, 5) is 2.24. The van der Waals surface area contributed by atoms with E-state index >= 15 is 0 Å². The fourth-order valence-electron chi connectivity index (χ4n) is 3.00. The zero-order valence-corrected chi connectivity index (χ0v) is 16.7. The maximum absolute atomic E-state index is 3.65. The third-order valence-corrected chi connectivity index (χ3v) is 11.1.